The Morgan fingerprint density at radius 3 is 2.29 bits per heavy atom. The number of halogens is 1. The van der Waals surface area contributed by atoms with E-state index >= 15 is 0 Å². The number of rotatable bonds is 8. The third kappa shape index (κ3) is 6.95. The molecule has 0 aliphatic carbocycles. The number of anilines is 2. The monoisotopic (exact) mass is 519 g/mol. The number of ether oxygens (including phenoxy) is 2. The maximum absolute atomic E-state index is 12.6. The lowest BCUT2D eigenvalue weighted by atomic mass is 10.1. The van der Waals surface area contributed by atoms with Crippen LogP contribution in [0.5, 0.6) is 11.5 Å². The first-order chi connectivity index (χ1) is 16.4. The first-order valence-electron chi connectivity index (χ1n) is 10.2. The minimum absolute atomic E-state index is 0.105. The molecule has 8 heteroatoms. The number of hydrogen-bond donors (Lipinski definition) is 2. The zero-order chi connectivity index (χ0) is 24.5. The van der Waals surface area contributed by atoms with Gasteiger partial charge in [-0.25, -0.2) is 0 Å². The molecule has 0 heterocycles. The fraction of sp³-hybridized carbons (Fsp3) is 0.115. The van der Waals surface area contributed by atoms with E-state index in [1.54, 1.807) is 61.7 Å². The molecule has 7 nitrogen and oxygen atoms in total. The fourth-order valence-electron chi connectivity index (χ4n) is 2.92. The number of aryl methyl sites for hydroxylation is 1. The molecule has 2 amide bonds. The number of nitriles is 1. The van der Waals surface area contributed by atoms with Gasteiger partial charge in [-0.3, -0.25) is 9.59 Å². The summed E-state index contributed by atoms with van der Waals surface area (Å²) in [5.41, 5.74) is 2.61. The third-order valence-corrected chi connectivity index (χ3v) is 5.17. The van der Waals surface area contributed by atoms with Crippen molar-refractivity contribution < 1.29 is 19.1 Å². The molecule has 0 bridgehead atoms. The minimum Gasteiger partial charge on any atom is -0.497 e. The standard InChI is InChI=1S/C26H22BrN3O4/c1-17-3-6-22(7-4-17)30-26(32)19(15-28)13-18-14-20(27)5-12-24(18)34-16-25(31)29-21-8-10-23(33-2)11-9-21/h3-14H,16H2,1-2H3,(H,29,31)(H,30,32)/b19-13-. The van der Waals surface area contributed by atoms with Crippen LogP contribution in [-0.4, -0.2) is 25.5 Å². The van der Waals surface area contributed by atoms with Gasteiger partial charge < -0.3 is 20.1 Å². The molecule has 0 spiro atoms. The van der Waals surface area contributed by atoms with E-state index in [2.05, 4.69) is 26.6 Å². The molecule has 3 rings (SSSR count). The zero-order valence-corrected chi connectivity index (χ0v) is 20.2. The Hall–Kier alpha value is -4.09. The highest BCUT2D eigenvalue weighted by atomic mass is 79.9. The number of amides is 2. The lowest BCUT2D eigenvalue weighted by molar-refractivity contribution is -0.118. The average molecular weight is 520 g/mol. The molecular formula is C26H22BrN3O4. The van der Waals surface area contributed by atoms with E-state index in [4.69, 9.17) is 9.47 Å². The number of carbonyl (C=O) groups is 2. The van der Waals surface area contributed by atoms with E-state index in [0.29, 0.717) is 28.4 Å². The van der Waals surface area contributed by atoms with Crippen molar-refractivity contribution in [2.45, 2.75) is 6.92 Å². The molecule has 0 unspecified atom stereocenters. The predicted octanol–water partition coefficient (Wildman–Crippen LogP) is 5.33. The molecule has 0 radical (unpaired) electrons. The Bertz CT molecular complexity index is 1250. The molecule has 0 saturated carbocycles. The second-order valence-electron chi connectivity index (χ2n) is 7.24. The number of carbonyl (C=O) groups excluding carboxylic acids is 2. The summed E-state index contributed by atoms with van der Waals surface area (Å²) in [6.07, 6.45) is 1.42. The molecule has 0 aliphatic rings. The Labute approximate surface area is 206 Å². The van der Waals surface area contributed by atoms with Gasteiger partial charge in [0.05, 0.1) is 7.11 Å². The van der Waals surface area contributed by atoms with Crippen molar-refractivity contribution in [1.29, 1.82) is 5.26 Å². The Kier molecular flexibility index (Phi) is 8.43. The second-order valence-corrected chi connectivity index (χ2v) is 8.15. The van der Waals surface area contributed by atoms with Gasteiger partial charge in [0.25, 0.3) is 11.8 Å². The van der Waals surface area contributed by atoms with Gasteiger partial charge in [-0.1, -0.05) is 33.6 Å². The minimum atomic E-state index is -0.547. The van der Waals surface area contributed by atoms with Crippen molar-refractivity contribution in [3.05, 3.63) is 87.9 Å². The molecule has 3 aromatic carbocycles. The summed E-state index contributed by atoms with van der Waals surface area (Å²) in [4.78, 5) is 24.9. The van der Waals surface area contributed by atoms with E-state index in [1.807, 2.05) is 25.1 Å². The lowest BCUT2D eigenvalue weighted by Gasteiger charge is -2.11. The summed E-state index contributed by atoms with van der Waals surface area (Å²) in [5, 5.41) is 15.0. The summed E-state index contributed by atoms with van der Waals surface area (Å²) < 4.78 is 11.5. The van der Waals surface area contributed by atoms with Gasteiger partial charge >= 0.3 is 0 Å². The van der Waals surface area contributed by atoms with Crippen LogP contribution in [-0.2, 0) is 9.59 Å². The van der Waals surface area contributed by atoms with Crippen LogP contribution in [0.1, 0.15) is 11.1 Å². The quantitative estimate of drug-likeness (QED) is 0.309. The van der Waals surface area contributed by atoms with E-state index in [9.17, 15) is 14.9 Å². The number of nitrogens with one attached hydrogen (secondary N) is 2. The van der Waals surface area contributed by atoms with Gasteiger partial charge in [0.1, 0.15) is 23.1 Å². The maximum atomic E-state index is 12.6. The largest absolute Gasteiger partial charge is 0.497 e. The summed E-state index contributed by atoms with van der Waals surface area (Å²) in [5.74, 6) is 0.124. The van der Waals surface area contributed by atoms with Crippen LogP contribution in [0.15, 0.2) is 76.8 Å². The summed E-state index contributed by atoms with van der Waals surface area (Å²) in [6, 6.07) is 21.2. The molecule has 172 valence electrons. The molecule has 3 aromatic rings. The normalized spacial score (nSPS) is 10.7. The molecule has 34 heavy (non-hydrogen) atoms. The summed E-state index contributed by atoms with van der Waals surface area (Å²) in [6.45, 7) is 1.68. The lowest BCUT2D eigenvalue weighted by Crippen LogP contribution is -2.20. The third-order valence-electron chi connectivity index (χ3n) is 4.68. The van der Waals surface area contributed by atoms with Crippen LogP contribution >= 0.6 is 15.9 Å². The van der Waals surface area contributed by atoms with Crippen LogP contribution in [0.3, 0.4) is 0 Å². The topological polar surface area (TPSA) is 100 Å². The van der Waals surface area contributed by atoms with Crippen molar-refractivity contribution in [3.8, 4) is 17.6 Å². The van der Waals surface area contributed by atoms with Crippen molar-refractivity contribution in [3.63, 3.8) is 0 Å². The van der Waals surface area contributed by atoms with Gasteiger partial charge in [0.15, 0.2) is 6.61 Å². The number of benzene rings is 3. The molecule has 0 saturated heterocycles. The smallest absolute Gasteiger partial charge is 0.266 e. The first kappa shape index (κ1) is 24.6. The number of nitrogens with zero attached hydrogens (tertiary/aromatic N) is 1. The van der Waals surface area contributed by atoms with Crippen LogP contribution < -0.4 is 20.1 Å². The Balaban J connectivity index is 1.71. The van der Waals surface area contributed by atoms with Crippen molar-refractivity contribution >= 4 is 45.2 Å². The highest BCUT2D eigenvalue weighted by Crippen LogP contribution is 2.26. The van der Waals surface area contributed by atoms with Crippen molar-refractivity contribution in [2.75, 3.05) is 24.4 Å². The molecule has 0 aromatic heterocycles. The molecular weight excluding hydrogens is 498 g/mol. The Morgan fingerprint density at radius 2 is 1.65 bits per heavy atom. The molecule has 0 aliphatic heterocycles. The van der Waals surface area contributed by atoms with Crippen LogP contribution in [0.2, 0.25) is 0 Å². The van der Waals surface area contributed by atoms with Gasteiger partial charge in [0, 0.05) is 21.4 Å². The zero-order valence-electron chi connectivity index (χ0n) is 18.6. The van der Waals surface area contributed by atoms with Crippen molar-refractivity contribution in [1.82, 2.24) is 0 Å². The van der Waals surface area contributed by atoms with Gasteiger partial charge in [-0.2, -0.15) is 5.26 Å². The van der Waals surface area contributed by atoms with Crippen LogP contribution in [0.4, 0.5) is 11.4 Å². The summed E-state index contributed by atoms with van der Waals surface area (Å²) in [7, 11) is 1.57. The average Bonchev–Trinajstić information content (AvgIpc) is 2.83. The van der Waals surface area contributed by atoms with E-state index < -0.39 is 5.91 Å². The number of hydrogen-bond acceptors (Lipinski definition) is 5. The van der Waals surface area contributed by atoms with E-state index in [-0.39, 0.29) is 18.1 Å². The molecule has 2 N–H and O–H groups in total. The fourth-order valence-corrected chi connectivity index (χ4v) is 3.30. The van der Waals surface area contributed by atoms with Crippen LogP contribution in [0, 0.1) is 18.3 Å². The van der Waals surface area contributed by atoms with Gasteiger partial charge in [0.2, 0.25) is 0 Å². The second kappa shape index (κ2) is 11.7. The highest BCUT2D eigenvalue weighted by Gasteiger charge is 2.13. The highest BCUT2D eigenvalue weighted by molar-refractivity contribution is 9.10. The van der Waals surface area contributed by atoms with E-state index in [0.717, 1.165) is 10.0 Å². The molecule has 0 atom stereocenters. The van der Waals surface area contributed by atoms with Gasteiger partial charge in [-0.15, -0.1) is 0 Å². The summed E-state index contributed by atoms with van der Waals surface area (Å²) >= 11 is 3.38. The Morgan fingerprint density at radius 1 is 1.00 bits per heavy atom. The van der Waals surface area contributed by atoms with E-state index in [1.165, 1.54) is 6.08 Å². The van der Waals surface area contributed by atoms with Gasteiger partial charge in [-0.05, 0) is 67.6 Å². The number of methoxy groups -OCH3 is 1. The van der Waals surface area contributed by atoms with Crippen molar-refractivity contribution in [2.24, 2.45) is 0 Å². The SMILES string of the molecule is COc1ccc(NC(=O)COc2ccc(Br)cc2/C=C(/C#N)C(=O)Nc2ccc(C)cc2)cc1. The maximum Gasteiger partial charge on any atom is 0.266 e. The predicted molar refractivity (Wildman–Crippen MR) is 135 cm³/mol. The first-order valence-corrected chi connectivity index (χ1v) is 11.0. The van der Waals surface area contributed by atoms with Crippen LogP contribution in [0.25, 0.3) is 6.08 Å². The molecule has 0 fully saturated rings.